The van der Waals surface area contributed by atoms with Crippen LogP contribution >= 0.6 is 11.6 Å². The Morgan fingerprint density at radius 3 is 2.89 bits per heavy atom. The Kier molecular flexibility index (Phi) is 6.80. The molecule has 0 fully saturated rings. The maximum absolute atomic E-state index is 11.8. The van der Waals surface area contributed by atoms with E-state index in [1.54, 1.807) is 17.1 Å². The highest BCUT2D eigenvalue weighted by molar-refractivity contribution is 6.30. The lowest BCUT2D eigenvalue weighted by Crippen LogP contribution is -2.32. The SMILES string of the molecule is CCCCCCNC(=O)C(C)Cn1cc(Cl)cn1. The third-order valence-electron chi connectivity index (χ3n) is 2.84. The summed E-state index contributed by atoms with van der Waals surface area (Å²) >= 11 is 5.77. The fourth-order valence-corrected chi connectivity index (χ4v) is 1.90. The second-order valence-corrected chi connectivity index (χ2v) is 5.07. The molecule has 0 aliphatic rings. The zero-order valence-corrected chi connectivity index (χ0v) is 11.9. The van der Waals surface area contributed by atoms with E-state index in [1.165, 1.54) is 19.3 Å². The van der Waals surface area contributed by atoms with Gasteiger partial charge < -0.3 is 5.32 Å². The Labute approximate surface area is 114 Å². The molecule has 1 rings (SSSR count). The van der Waals surface area contributed by atoms with Crippen molar-refractivity contribution in [3.63, 3.8) is 0 Å². The third-order valence-corrected chi connectivity index (χ3v) is 3.03. The fraction of sp³-hybridized carbons (Fsp3) is 0.692. The van der Waals surface area contributed by atoms with Gasteiger partial charge in [0.25, 0.3) is 0 Å². The molecule has 5 heteroatoms. The summed E-state index contributed by atoms with van der Waals surface area (Å²) in [7, 11) is 0. The van der Waals surface area contributed by atoms with Crippen LogP contribution in [0.2, 0.25) is 5.02 Å². The molecule has 0 spiro atoms. The summed E-state index contributed by atoms with van der Waals surface area (Å²) in [4.78, 5) is 11.8. The first-order valence-electron chi connectivity index (χ1n) is 6.59. The molecule has 102 valence electrons. The molecule has 0 saturated heterocycles. The average Bonchev–Trinajstić information content (AvgIpc) is 2.74. The fourth-order valence-electron chi connectivity index (χ4n) is 1.74. The number of carbonyl (C=O) groups is 1. The largest absolute Gasteiger partial charge is 0.356 e. The van der Waals surface area contributed by atoms with Crippen molar-refractivity contribution in [2.45, 2.75) is 46.1 Å². The molecular weight excluding hydrogens is 250 g/mol. The van der Waals surface area contributed by atoms with Gasteiger partial charge >= 0.3 is 0 Å². The van der Waals surface area contributed by atoms with Crippen molar-refractivity contribution < 1.29 is 4.79 Å². The van der Waals surface area contributed by atoms with Gasteiger partial charge in [0.15, 0.2) is 0 Å². The first-order chi connectivity index (χ1) is 8.63. The second kappa shape index (κ2) is 8.14. The molecule has 1 unspecified atom stereocenters. The molecule has 1 aromatic rings. The molecule has 0 aliphatic carbocycles. The third kappa shape index (κ3) is 5.54. The number of carbonyl (C=O) groups excluding carboxylic acids is 1. The van der Waals surface area contributed by atoms with E-state index < -0.39 is 0 Å². The van der Waals surface area contributed by atoms with Gasteiger partial charge in [0.2, 0.25) is 5.91 Å². The van der Waals surface area contributed by atoms with E-state index in [2.05, 4.69) is 17.3 Å². The maximum atomic E-state index is 11.8. The van der Waals surface area contributed by atoms with Crippen LogP contribution in [0.25, 0.3) is 0 Å². The number of hydrogen-bond acceptors (Lipinski definition) is 2. The van der Waals surface area contributed by atoms with Crippen LogP contribution in [0.5, 0.6) is 0 Å². The number of nitrogens with zero attached hydrogens (tertiary/aromatic N) is 2. The van der Waals surface area contributed by atoms with Crippen molar-refractivity contribution in [2.75, 3.05) is 6.54 Å². The lowest BCUT2D eigenvalue weighted by Gasteiger charge is -2.12. The Morgan fingerprint density at radius 2 is 2.28 bits per heavy atom. The molecular formula is C13H22ClN3O. The van der Waals surface area contributed by atoms with Crippen LogP contribution in [0.3, 0.4) is 0 Å². The van der Waals surface area contributed by atoms with E-state index in [0.29, 0.717) is 11.6 Å². The Balaban J connectivity index is 2.20. The number of aromatic nitrogens is 2. The van der Waals surface area contributed by atoms with E-state index in [-0.39, 0.29) is 11.8 Å². The smallest absolute Gasteiger partial charge is 0.224 e. The quantitative estimate of drug-likeness (QED) is 0.739. The lowest BCUT2D eigenvalue weighted by molar-refractivity contribution is -0.124. The van der Waals surface area contributed by atoms with Gasteiger partial charge in [0, 0.05) is 12.7 Å². The lowest BCUT2D eigenvalue weighted by atomic mass is 10.1. The number of rotatable bonds is 8. The van der Waals surface area contributed by atoms with Gasteiger partial charge in [-0.05, 0) is 6.42 Å². The predicted molar refractivity (Wildman–Crippen MR) is 73.6 cm³/mol. The molecule has 18 heavy (non-hydrogen) atoms. The molecule has 1 aromatic heterocycles. The monoisotopic (exact) mass is 271 g/mol. The normalized spacial score (nSPS) is 12.4. The van der Waals surface area contributed by atoms with Gasteiger partial charge in [-0.3, -0.25) is 9.48 Å². The van der Waals surface area contributed by atoms with E-state index in [1.807, 2.05) is 6.92 Å². The van der Waals surface area contributed by atoms with Gasteiger partial charge in [-0.15, -0.1) is 0 Å². The van der Waals surface area contributed by atoms with Crippen molar-refractivity contribution >= 4 is 17.5 Å². The molecule has 0 aromatic carbocycles. The summed E-state index contributed by atoms with van der Waals surface area (Å²) < 4.78 is 1.70. The zero-order valence-electron chi connectivity index (χ0n) is 11.2. The van der Waals surface area contributed by atoms with Gasteiger partial charge in [0.1, 0.15) is 0 Å². The Bertz CT molecular complexity index is 365. The second-order valence-electron chi connectivity index (χ2n) is 4.63. The van der Waals surface area contributed by atoms with Crippen molar-refractivity contribution in [2.24, 2.45) is 5.92 Å². The van der Waals surface area contributed by atoms with Crippen LogP contribution in [-0.2, 0) is 11.3 Å². The summed E-state index contributed by atoms with van der Waals surface area (Å²) in [5, 5.41) is 7.62. The molecule has 0 saturated carbocycles. The number of nitrogens with one attached hydrogen (secondary N) is 1. The summed E-state index contributed by atoms with van der Waals surface area (Å²) in [5.41, 5.74) is 0. The summed E-state index contributed by atoms with van der Waals surface area (Å²) in [6.45, 7) is 5.41. The summed E-state index contributed by atoms with van der Waals surface area (Å²) in [6.07, 6.45) is 7.99. The van der Waals surface area contributed by atoms with E-state index in [0.717, 1.165) is 13.0 Å². The zero-order chi connectivity index (χ0) is 13.4. The summed E-state index contributed by atoms with van der Waals surface area (Å²) in [5.74, 6) is -0.00902. The predicted octanol–water partition coefficient (Wildman–Crippen LogP) is 2.87. The minimum atomic E-state index is -0.0906. The van der Waals surface area contributed by atoms with Crippen molar-refractivity contribution in [3.8, 4) is 0 Å². The number of halogens is 1. The van der Waals surface area contributed by atoms with Crippen LogP contribution in [0.4, 0.5) is 0 Å². The molecule has 0 radical (unpaired) electrons. The summed E-state index contributed by atoms with van der Waals surface area (Å²) in [6, 6.07) is 0. The first-order valence-corrected chi connectivity index (χ1v) is 6.97. The number of unbranched alkanes of at least 4 members (excludes halogenated alkanes) is 3. The van der Waals surface area contributed by atoms with Gasteiger partial charge in [-0.1, -0.05) is 44.7 Å². The first kappa shape index (κ1) is 15.0. The van der Waals surface area contributed by atoms with Gasteiger partial charge in [-0.2, -0.15) is 5.10 Å². The highest BCUT2D eigenvalue weighted by Crippen LogP contribution is 2.07. The minimum Gasteiger partial charge on any atom is -0.356 e. The highest BCUT2D eigenvalue weighted by Gasteiger charge is 2.13. The standard InChI is InChI=1S/C13H22ClN3O/c1-3-4-5-6-7-15-13(18)11(2)9-17-10-12(14)8-16-17/h8,10-11H,3-7,9H2,1-2H3,(H,15,18). The highest BCUT2D eigenvalue weighted by atomic mass is 35.5. The van der Waals surface area contributed by atoms with Crippen LogP contribution in [0, 0.1) is 5.92 Å². The molecule has 4 nitrogen and oxygen atoms in total. The van der Waals surface area contributed by atoms with Gasteiger partial charge in [0.05, 0.1) is 23.7 Å². The average molecular weight is 272 g/mol. The molecule has 1 atom stereocenters. The van der Waals surface area contributed by atoms with E-state index in [4.69, 9.17) is 11.6 Å². The molecule has 1 heterocycles. The topological polar surface area (TPSA) is 46.9 Å². The van der Waals surface area contributed by atoms with Gasteiger partial charge in [-0.25, -0.2) is 0 Å². The van der Waals surface area contributed by atoms with E-state index >= 15 is 0 Å². The van der Waals surface area contributed by atoms with Crippen LogP contribution in [-0.4, -0.2) is 22.2 Å². The molecule has 1 N–H and O–H groups in total. The van der Waals surface area contributed by atoms with Crippen LogP contribution in [0.15, 0.2) is 12.4 Å². The van der Waals surface area contributed by atoms with Crippen LogP contribution < -0.4 is 5.32 Å². The van der Waals surface area contributed by atoms with E-state index in [9.17, 15) is 4.79 Å². The molecule has 0 aliphatic heterocycles. The molecule has 1 amide bonds. The number of hydrogen-bond donors (Lipinski definition) is 1. The number of amides is 1. The Morgan fingerprint density at radius 1 is 1.50 bits per heavy atom. The van der Waals surface area contributed by atoms with Crippen molar-refractivity contribution in [3.05, 3.63) is 17.4 Å². The minimum absolute atomic E-state index is 0.0816. The Hall–Kier alpha value is -1.03. The molecule has 0 bridgehead atoms. The van der Waals surface area contributed by atoms with Crippen LogP contribution in [0.1, 0.15) is 39.5 Å². The maximum Gasteiger partial charge on any atom is 0.224 e. The van der Waals surface area contributed by atoms with Crippen molar-refractivity contribution in [1.82, 2.24) is 15.1 Å². The van der Waals surface area contributed by atoms with Crippen molar-refractivity contribution in [1.29, 1.82) is 0 Å².